The maximum absolute atomic E-state index is 12.6. The molecule has 2 amide bonds. The Morgan fingerprint density at radius 3 is 2.34 bits per heavy atom. The van der Waals surface area contributed by atoms with Crippen LogP contribution >= 0.6 is 11.8 Å². The zero-order valence-corrected chi connectivity index (χ0v) is 18.3. The van der Waals surface area contributed by atoms with E-state index in [4.69, 9.17) is 9.47 Å². The number of nitrogens with one attached hydrogen (secondary N) is 1. The van der Waals surface area contributed by atoms with Crippen LogP contribution in [0.4, 0.5) is 10.5 Å². The lowest BCUT2D eigenvalue weighted by molar-refractivity contribution is 0.102. The summed E-state index contributed by atoms with van der Waals surface area (Å²) in [5.41, 5.74) is 1.12. The van der Waals surface area contributed by atoms with E-state index in [9.17, 15) is 9.59 Å². The topological polar surface area (TPSA) is 67.9 Å². The van der Waals surface area contributed by atoms with Crippen LogP contribution in [-0.4, -0.2) is 43.9 Å². The van der Waals surface area contributed by atoms with Gasteiger partial charge in [0.1, 0.15) is 0 Å². The number of hydrogen-bond donors (Lipinski definition) is 1. The summed E-state index contributed by atoms with van der Waals surface area (Å²) in [7, 11) is 4.97. The largest absolute Gasteiger partial charge is 0.493 e. The summed E-state index contributed by atoms with van der Waals surface area (Å²) in [4.78, 5) is 26.6. The van der Waals surface area contributed by atoms with Crippen molar-refractivity contribution < 1.29 is 19.1 Å². The molecule has 0 atom stereocenters. The maximum atomic E-state index is 12.6. The van der Waals surface area contributed by atoms with E-state index in [2.05, 4.69) is 19.2 Å². The van der Waals surface area contributed by atoms with Crippen LogP contribution < -0.4 is 14.8 Å². The van der Waals surface area contributed by atoms with E-state index >= 15 is 0 Å². The van der Waals surface area contributed by atoms with Crippen molar-refractivity contribution in [1.29, 1.82) is 0 Å². The third-order valence-corrected chi connectivity index (χ3v) is 5.11. The third-order valence-electron chi connectivity index (χ3n) is 4.06. The van der Waals surface area contributed by atoms with Crippen LogP contribution in [0.2, 0.25) is 0 Å². The van der Waals surface area contributed by atoms with Crippen molar-refractivity contribution in [2.75, 3.05) is 33.1 Å². The van der Waals surface area contributed by atoms with Crippen molar-refractivity contribution in [3.63, 3.8) is 0 Å². The van der Waals surface area contributed by atoms with Gasteiger partial charge in [0.05, 0.1) is 13.7 Å². The molecule has 0 heterocycles. The molecule has 2 rings (SSSR count). The summed E-state index contributed by atoms with van der Waals surface area (Å²) < 4.78 is 11.1. The van der Waals surface area contributed by atoms with Gasteiger partial charge in [0.2, 0.25) is 0 Å². The summed E-state index contributed by atoms with van der Waals surface area (Å²) in [6.07, 6.45) is 0.944. The Morgan fingerprint density at radius 1 is 1.07 bits per heavy atom. The van der Waals surface area contributed by atoms with Gasteiger partial charge in [-0.1, -0.05) is 13.8 Å². The van der Waals surface area contributed by atoms with Crippen molar-refractivity contribution in [1.82, 2.24) is 4.90 Å². The summed E-state index contributed by atoms with van der Waals surface area (Å²) in [6.45, 7) is 4.87. The van der Waals surface area contributed by atoms with Crippen molar-refractivity contribution in [3.8, 4) is 11.5 Å². The van der Waals surface area contributed by atoms with Crippen LogP contribution in [0, 0.1) is 5.92 Å². The minimum atomic E-state index is -0.248. The molecule has 1 N–H and O–H groups in total. The average Bonchev–Trinajstić information content (AvgIpc) is 2.69. The van der Waals surface area contributed by atoms with Crippen molar-refractivity contribution >= 4 is 28.6 Å². The standard InChI is InChI=1S/C22H28N2O4S/c1-15(2)12-13-28-19-11-6-16(14-20(19)27-5)21(25)23-17-7-9-18(10-8-17)29-22(26)24(3)4/h6-11,14-15H,12-13H2,1-5H3,(H,23,25). The highest BCUT2D eigenvalue weighted by Gasteiger charge is 2.12. The number of ether oxygens (including phenoxy) is 2. The predicted octanol–water partition coefficient (Wildman–Crippen LogP) is 5.15. The number of carbonyl (C=O) groups excluding carboxylic acids is 2. The number of carbonyl (C=O) groups is 2. The maximum Gasteiger partial charge on any atom is 0.285 e. The number of amides is 2. The number of anilines is 1. The fourth-order valence-electron chi connectivity index (χ4n) is 2.33. The Balaban J connectivity index is 2.01. The minimum absolute atomic E-state index is 0.0513. The van der Waals surface area contributed by atoms with Crippen LogP contribution in [0.15, 0.2) is 47.4 Å². The Morgan fingerprint density at radius 2 is 1.76 bits per heavy atom. The molecule has 0 aliphatic heterocycles. The van der Waals surface area contributed by atoms with Gasteiger partial charge in [-0.3, -0.25) is 9.59 Å². The van der Waals surface area contributed by atoms with Gasteiger partial charge in [0.25, 0.3) is 11.1 Å². The lowest BCUT2D eigenvalue weighted by Crippen LogP contribution is -2.16. The molecule has 2 aromatic rings. The van der Waals surface area contributed by atoms with E-state index in [1.807, 2.05) is 0 Å². The Hall–Kier alpha value is -2.67. The van der Waals surface area contributed by atoms with Gasteiger partial charge in [-0.2, -0.15) is 0 Å². The molecule has 0 saturated carbocycles. The quantitative estimate of drug-likeness (QED) is 0.603. The van der Waals surface area contributed by atoms with Gasteiger partial charge in [-0.25, -0.2) is 0 Å². The SMILES string of the molecule is COc1cc(C(=O)Nc2ccc(SC(=O)N(C)C)cc2)ccc1OCCC(C)C. The molecule has 0 bridgehead atoms. The lowest BCUT2D eigenvalue weighted by Gasteiger charge is -2.13. The van der Waals surface area contributed by atoms with Gasteiger partial charge in [0.15, 0.2) is 11.5 Å². The van der Waals surface area contributed by atoms with Gasteiger partial charge in [-0.15, -0.1) is 0 Å². The number of benzene rings is 2. The first-order valence-electron chi connectivity index (χ1n) is 9.41. The van der Waals surface area contributed by atoms with E-state index in [0.717, 1.165) is 23.1 Å². The molecule has 0 unspecified atom stereocenters. The second kappa shape index (κ2) is 10.8. The highest BCUT2D eigenvalue weighted by atomic mass is 32.2. The Kier molecular flexibility index (Phi) is 8.39. The van der Waals surface area contributed by atoms with Crippen LogP contribution in [0.3, 0.4) is 0 Å². The van der Waals surface area contributed by atoms with E-state index in [1.165, 1.54) is 4.90 Å². The first-order chi connectivity index (χ1) is 13.8. The molecule has 29 heavy (non-hydrogen) atoms. The van der Waals surface area contributed by atoms with E-state index in [1.54, 1.807) is 63.7 Å². The highest BCUT2D eigenvalue weighted by molar-refractivity contribution is 8.13. The molecule has 2 aromatic carbocycles. The number of hydrogen-bond acceptors (Lipinski definition) is 5. The molecule has 0 fully saturated rings. The molecule has 156 valence electrons. The zero-order chi connectivity index (χ0) is 21.4. The molecule has 0 aliphatic rings. The molecule has 0 saturated heterocycles. The van der Waals surface area contributed by atoms with Crippen LogP contribution in [-0.2, 0) is 0 Å². The van der Waals surface area contributed by atoms with E-state index in [0.29, 0.717) is 35.3 Å². The molecular formula is C22H28N2O4S. The smallest absolute Gasteiger partial charge is 0.285 e. The fraction of sp³-hybridized carbons (Fsp3) is 0.364. The second-order valence-electron chi connectivity index (χ2n) is 7.14. The number of nitrogens with zero attached hydrogens (tertiary/aromatic N) is 1. The van der Waals surface area contributed by atoms with Gasteiger partial charge < -0.3 is 19.7 Å². The summed E-state index contributed by atoms with van der Waals surface area (Å²) in [5, 5.41) is 2.80. The molecule has 0 radical (unpaired) electrons. The van der Waals surface area contributed by atoms with Crippen LogP contribution in [0.5, 0.6) is 11.5 Å². The Bertz CT molecular complexity index is 835. The molecule has 0 spiro atoms. The van der Waals surface area contributed by atoms with Gasteiger partial charge in [-0.05, 0) is 66.6 Å². The monoisotopic (exact) mass is 416 g/mol. The molecule has 6 nitrogen and oxygen atoms in total. The summed E-state index contributed by atoms with van der Waals surface area (Å²) in [5.74, 6) is 1.45. The zero-order valence-electron chi connectivity index (χ0n) is 17.5. The lowest BCUT2D eigenvalue weighted by atomic mass is 10.1. The highest BCUT2D eigenvalue weighted by Crippen LogP contribution is 2.29. The second-order valence-corrected chi connectivity index (χ2v) is 8.16. The molecular weight excluding hydrogens is 388 g/mol. The van der Waals surface area contributed by atoms with Crippen molar-refractivity contribution in [2.45, 2.75) is 25.2 Å². The third kappa shape index (κ3) is 7.02. The number of methoxy groups -OCH3 is 1. The Labute approximate surface area is 176 Å². The van der Waals surface area contributed by atoms with Crippen molar-refractivity contribution in [3.05, 3.63) is 48.0 Å². The van der Waals surface area contributed by atoms with Crippen molar-refractivity contribution in [2.24, 2.45) is 5.92 Å². The van der Waals surface area contributed by atoms with E-state index < -0.39 is 0 Å². The van der Waals surface area contributed by atoms with Crippen LogP contribution in [0.25, 0.3) is 0 Å². The first-order valence-corrected chi connectivity index (χ1v) is 10.2. The first kappa shape index (κ1) is 22.6. The average molecular weight is 417 g/mol. The van der Waals surface area contributed by atoms with E-state index in [-0.39, 0.29) is 11.1 Å². The summed E-state index contributed by atoms with van der Waals surface area (Å²) >= 11 is 1.13. The number of thioether (sulfide) groups is 1. The summed E-state index contributed by atoms with van der Waals surface area (Å²) in [6, 6.07) is 12.3. The molecule has 0 aromatic heterocycles. The molecule has 7 heteroatoms. The minimum Gasteiger partial charge on any atom is -0.493 e. The molecule has 0 aliphatic carbocycles. The fourth-order valence-corrected chi connectivity index (χ4v) is 2.99. The predicted molar refractivity (Wildman–Crippen MR) is 117 cm³/mol. The van der Waals surface area contributed by atoms with Gasteiger partial charge >= 0.3 is 0 Å². The van der Waals surface area contributed by atoms with Gasteiger partial charge in [0, 0.05) is 30.2 Å². The normalized spacial score (nSPS) is 10.6. The number of rotatable bonds is 8. The van der Waals surface area contributed by atoms with Crippen LogP contribution in [0.1, 0.15) is 30.6 Å².